The Morgan fingerprint density at radius 2 is 2.00 bits per heavy atom. The van der Waals surface area contributed by atoms with Crippen LogP contribution in [0.25, 0.3) is 11.0 Å². The maximum Gasteiger partial charge on any atom is 0.243 e. The van der Waals surface area contributed by atoms with Gasteiger partial charge in [0.15, 0.2) is 0 Å². The van der Waals surface area contributed by atoms with Gasteiger partial charge in [0.1, 0.15) is 5.52 Å². The van der Waals surface area contributed by atoms with Gasteiger partial charge in [-0.2, -0.15) is 4.31 Å². The minimum Gasteiger partial charge on any atom is -0.325 e. The van der Waals surface area contributed by atoms with Crippen molar-refractivity contribution < 1.29 is 13.2 Å². The number of carbonyl (C=O) groups is 1. The zero-order valence-corrected chi connectivity index (χ0v) is 16.6. The molecule has 0 radical (unpaired) electrons. The van der Waals surface area contributed by atoms with Crippen molar-refractivity contribution >= 4 is 32.7 Å². The Morgan fingerprint density at radius 3 is 2.68 bits per heavy atom. The van der Waals surface area contributed by atoms with Crippen LogP contribution in [0.2, 0.25) is 0 Å². The lowest BCUT2D eigenvalue weighted by atomic mass is 10.3. The quantitative estimate of drug-likeness (QED) is 0.616. The first-order valence-corrected chi connectivity index (χ1v) is 10.4. The molecule has 0 spiro atoms. The van der Waals surface area contributed by atoms with Gasteiger partial charge in [0.25, 0.3) is 0 Å². The molecular weight excluding hydrogens is 380 g/mol. The van der Waals surface area contributed by atoms with Crippen LogP contribution in [0.4, 0.5) is 5.69 Å². The van der Waals surface area contributed by atoms with E-state index in [0.717, 1.165) is 0 Å². The highest BCUT2D eigenvalue weighted by Gasteiger charge is 2.22. The van der Waals surface area contributed by atoms with Gasteiger partial charge in [-0.3, -0.25) is 9.78 Å². The summed E-state index contributed by atoms with van der Waals surface area (Å²) in [5.41, 5.74) is 1.77. The van der Waals surface area contributed by atoms with Crippen LogP contribution >= 0.6 is 0 Å². The van der Waals surface area contributed by atoms with Crippen molar-refractivity contribution in [2.24, 2.45) is 0 Å². The first-order chi connectivity index (χ1) is 13.5. The van der Waals surface area contributed by atoms with Gasteiger partial charge in [-0.05, 0) is 30.3 Å². The molecule has 0 saturated heterocycles. The zero-order chi connectivity index (χ0) is 20.1. The van der Waals surface area contributed by atoms with E-state index in [0.29, 0.717) is 36.4 Å². The lowest BCUT2D eigenvalue weighted by Gasteiger charge is -2.18. The number of hydrogen-bond acceptors (Lipinski definition) is 6. The Bertz CT molecular complexity index is 1060. The molecule has 0 aliphatic carbocycles. The van der Waals surface area contributed by atoms with Crippen molar-refractivity contribution in [1.29, 1.82) is 0 Å². The Hall–Kier alpha value is -2.85. The summed E-state index contributed by atoms with van der Waals surface area (Å²) in [5, 5.41) is 10.9. The Balaban J connectivity index is 1.73. The minimum absolute atomic E-state index is 0.169. The molecule has 0 bridgehead atoms. The molecule has 0 fully saturated rings. The highest BCUT2D eigenvalue weighted by molar-refractivity contribution is 7.89. The number of amides is 1. The Labute approximate surface area is 163 Å². The minimum atomic E-state index is -3.56. The lowest BCUT2D eigenvalue weighted by Crippen LogP contribution is -2.30. The number of anilines is 1. The molecule has 0 aliphatic heterocycles. The monoisotopic (exact) mass is 402 g/mol. The summed E-state index contributed by atoms with van der Waals surface area (Å²) in [6.07, 6.45) is 3.40. The maximum absolute atomic E-state index is 12.6. The summed E-state index contributed by atoms with van der Waals surface area (Å²) in [6.45, 7) is 4.72. The predicted molar refractivity (Wildman–Crippen MR) is 105 cm³/mol. The molecule has 1 N–H and O–H groups in total. The number of hydrogen-bond donors (Lipinski definition) is 1. The number of aryl methyl sites for hydroxylation is 1. The summed E-state index contributed by atoms with van der Waals surface area (Å²) >= 11 is 0. The summed E-state index contributed by atoms with van der Waals surface area (Å²) in [4.78, 5) is 16.2. The van der Waals surface area contributed by atoms with Crippen molar-refractivity contribution in [2.45, 2.75) is 31.7 Å². The SMILES string of the molecule is CCN(CC)S(=O)(=O)c1ccc2c(c1)nnn2CCC(=O)Nc1cccnc1. The third-order valence-electron chi connectivity index (χ3n) is 4.32. The number of fused-ring (bicyclic) bond motifs is 1. The maximum atomic E-state index is 12.6. The van der Waals surface area contributed by atoms with Crippen LogP contribution < -0.4 is 5.32 Å². The fourth-order valence-corrected chi connectivity index (χ4v) is 4.34. The molecule has 1 amide bonds. The standard InChI is InChI=1S/C18H22N6O3S/c1-3-23(4-2)28(26,27)15-7-8-17-16(12-15)21-22-24(17)11-9-18(25)20-14-6-5-10-19-13-14/h5-8,10,12-13H,3-4,9,11H2,1-2H3,(H,20,25). The molecule has 2 aromatic heterocycles. The van der Waals surface area contributed by atoms with Gasteiger partial charge in [0.05, 0.1) is 28.8 Å². The summed E-state index contributed by atoms with van der Waals surface area (Å²) < 4.78 is 28.3. The fourth-order valence-electron chi connectivity index (χ4n) is 2.86. The van der Waals surface area contributed by atoms with Crippen molar-refractivity contribution in [3.05, 3.63) is 42.7 Å². The average molecular weight is 402 g/mol. The third-order valence-corrected chi connectivity index (χ3v) is 6.37. The van der Waals surface area contributed by atoms with Crippen LogP contribution in [-0.4, -0.2) is 51.7 Å². The summed E-state index contributed by atoms with van der Waals surface area (Å²) in [7, 11) is -3.56. The molecular formula is C18H22N6O3S. The first kappa shape index (κ1) is 19.9. The molecule has 3 rings (SSSR count). The molecule has 148 valence electrons. The smallest absolute Gasteiger partial charge is 0.243 e. The number of benzene rings is 1. The number of nitrogens with zero attached hydrogens (tertiary/aromatic N) is 5. The van der Waals surface area contributed by atoms with Crippen LogP contribution in [0.5, 0.6) is 0 Å². The second kappa shape index (κ2) is 8.44. The van der Waals surface area contributed by atoms with Crippen LogP contribution in [0.15, 0.2) is 47.6 Å². The van der Waals surface area contributed by atoms with Crippen LogP contribution in [0.1, 0.15) is 20.3 Å². The Morgan fingerprint density at radius 1 is 1.21 bits per heavy atom. The molecule has 28 heavy (non-hydrogen) atoms. The van der Waals surface area contributed by atoms with E-state index in [1.54, 1.807) is 55.2 Å². The second-order valence-corrected chi connectivity index (χ2v) is 8.03. The number of rotatable bonds is 8. The molecule has 0 atom stereocenters. The van der Waals surface area contributed by atoms with Gasteiger partial charge in [-0.25, -0.2) is 13.1 Å². The number of pyridine rings is 1. The van der Waals surface area contributed by atoms with E-state index in [4.69, 9.17) is 0 Å². The third kappa shape index (κ3) is 4.18. The highest BCUT2D eigenvalue weighted by Crippen LogP contribution is 2.20. The van der Waals surface area contributed by atoms with E-state index >= 15 is 0 Å². The molecule has 0 saturated carbocycles. The largest absolute Gasteiger partial charge is 0.325 e. The molecule has 2 heterocycles. The second-order valence-electron chi connectivity index (χ2n) is 6.09. The van der Waals surface area contributed by atoms with E-state index < -0.39 is 10.0 Å². The zero-order valence-electron chi connectivity index (χ0n) is 15.7. The van der Waals surface area contributed by atoms with E-state index in [9.17, 15) is 13.2 Å². The molecule has 9 nitrogen and oxygen atoms in total. The van der Waals surface area contributed by atoms with E-state index in [1.165, 1.54) is 10.4 Å². The average Bonchev–Trinajstić information content (AvgIpc) is 3.10. The lowest BCUT2D eigenvalue weighted by molar-refractivity contribution is -0.116. The van der Waals surface area contributed by atoms with E-state index in [2.05, 4.69) is 20.6 Å². The number of carbonyl (C=O) groups excluding carboxylic acids is 1. The van der Waals surface area contributed by atoms with Gasteiger partial charge >= 0.3 is 0 Å². The first-order valence-electron chi connectivity index (χ1n) is 8.99. The van der Waals surface area contributed by atoms with Crippen molar-refractivity contribution in [3.8, 4) is 0 Å². The molecule has 3 aromatic rings. The van der Waals surface area contributed by atoms with Gasteiger partial charge in [0, 0.05) is 25.7 Å². The van der Waals surface area contributed by atoms with Gasteiger partial charge in [0.2, 0.25) is 15.9 Å². The normalized spacial score (nSPS) is 11.8. The topological polar surface area (TPSA) is 110 Å². The van der Waals surface area contributed by atoms with E-state index in [-0.39, 0.29) is 17.2 Å². The predicted octanol–water partition coefficient (Wildman–Crippen LogP) is 1.89. The van der Waals surface area contributed by atoms with Gasteiger partial charge < -0.3 is 5.32 Å². The fraction of sp³-hybridized carbons (Fsp3) is 0.333. The molecule has 0 unspecified atom stereocenters. The van der Waals surface area contributed by atoms with Crippen molar-refractivity contribution in [1.82, 2.24) is 24.3 Å². The number of sulfonamides is 1. The van der Waals surface area contributed by atoms with Crippen LogP contribution in [0, 0.1) is 0 Å². The molecule has 1 aromatic carbocycles. The summed E-state index contributed by atoms with van der Waals surface area (Å²) in [6, 6.07) is 8.23. The van der Waals surface area contributed by atoms with Crippen molar-refractivity contribution in [2.75, 3.05) is 18.4 Å². The molecule has 0 aliphatic rings. The molecule has 10 heteroatoms. The Kier molecular flexibility index (Phi) is 6.00. The van der Waals surface area contributed by atoms with Crippen LogP contribution in [-0.2, 0) is 21.4 Å². The van der Waals surface area contributed by atoms with E-state index in [1.807, 2.05) is 0 Å². The highest BCUT2D eigenvalue weighted by atomic mass is 32.2. The van der Waals surface area contributed by atoms with Gasteiger partial charge in [-0.15, -0.1) is 5.10 Å². The van der Waals surface area contributed by atoms with Crippen molar-refractivity contribution in [3.63, 3.8) is 0 Å². The number of nitrogens with one attached hydrogen (secondary N) is 1. The number of aromatic nitrogens is 4. The van der Waals surface area contributed by atoms with Gasteiger partial charge in [-0.1, -0.05) is 19.1 Å². The summed E-state index contributed by atoms with van der Waals surface area (Å²) in [5.74, 6) is -0.169. The van der Waals surface area contributed by atoms with Crippen LogP contribution in [0.3, 0.4) is 0 Å².